The van der Waals surface area contributed by atoms with E-state index in [1.165, 1.54) is 0 Å². The molecule has 0 fully saturated rings. The van der Waals surface area contributed by atoms with Gasteiger partial charge in [-0.25, -0.2) is 0 Å². The van der Waals surface area contributed by atoms with Gasteiger partial charge < -0.3 is 5.73 Å². The number of rotatable bonds is 4. The van der Waals surface area contributed by atoms with Gasteiger partial charge >= 0.3 is 0 Å². The van der Waals surface area contributed by atoms with Gasteiger partial charge in [0.05, 0.1) is 5.02 Å². The van der Waals surface area contributed by atoms with Crippen LogP contribution in [0.4, 0.5) is 0 Å². The molecule has 0 unspecified atom stereocenters. The Kier molecular flexibility index (Phi) is 4.50. The Morgan fingerprint density at radius 3 is 2.88 bits per heavy atom. The van der Waals surface area contributed by atoms with Crippen LogP contribution in [0.5, 0.6) is 0 Å². The Balaban J connectivity index is 2.24. The number of hydrogen-bond acceptors (Lipinski definition) is 4. The molecule has 6 heteroatoms. The fourth-order valence-electron chi connectivity index (χ4n) is 1.38. The monoisotopic (exact) mass is 331 g/mol. The van der Waals surface area contributed by atoms with Crippen LogP contribution in [0.25, 0.3) is 10.6 Å². The Morgan fingerprint density at radius 1 is 1.35 bits per heavy atom. The van der Waals surface area contributed by atoms with Crippen LogP contribution >= 0.6 is 38.9 Å². The van der Waals surface area contributed by atoms with E-state index in [-0.39, 0.29) is 0 Å². The lowest BCUT2D eigenvalue weighted by Gasteiger charge is -1.99. The van der Waals surface area contributed by atoms with Crippen LogP contribution < -0.4 is 5.73 Å². The largest absolute Gasteiger partial charge is 0.330 e. The zero-order valence-electron chi connectivity index (χ0n) is 8.99. The van der Waals surface area contributed by atoms with E-state index in [0.717, 1.165) is 32.9 Å². The van der Waals surface area contributed by atoms with Crippen molar-refractivity contribution < 1.29 is 0 Å². The van der Waals surface area contributed by atoms with Crippen molar-refractivity contribution in [2.45, 2.75) is 12.8 Å². The highest BCUT2D eigenvalue weighted by atomic mass is 79.9. The molecule has 90 valence electrons. The molecule has 17 heavy (non-hydrogen) atoms. The third-order valence-electron chi connectivity index (χ3n) is 2.22. The van der Waals surface area contributed by atoms with Crippen LogP contribution in [0.3, 0.4) is 0 Å². The number of aryl methyl sites for hydroxylation is 1. The van der Waals surface area contributed by atoms with E-state index < -0.39 is 0 Å². The topological polar surface area (TPSA) is 51.8 Å². The maximum Gasteiger partial charge on any atom is 0.149 e. The van der Waals surface area contributed by atoms with Crippen molar-refractivity contribution in [3.8, 4) is 10.6 Å². The van der Waals surface area contributed by atoms with Gasteiger partial charge in [0, 0.05) is 16.5 Å². The van der Waals surface area contributed by atoms with Gasteiger partial charge in [-0.1, -0.05) is 38.9 Å². The van der Waals surface area contributed by atoms with Crippen molar-refractivity contribution >= 4 is 38.9 Å². The van der Waals surface area contributed by atoms with Crippen molar-refractivity contribution in [1.29, 1.82) is 0 Å². The average molecular weight is 333 g/mol. The second-order valence-corrected chi connectivity index (χ2v) is 5.90. The normalized spacial score (nSPS) is 10.8. The zero-order valence-corrected chi connectivity index (χ0v) is 12.1. The van der Waals surface area contributed by atoms with Crippen molar-refractivity contribution in [3.63, 3.8) is 0 Å². The number of halogens is 2. The number of benzene rings is 1. The van der Waals surface area contributed by atoms with Gasteiger partial charge in [0.1, 0.15) is 10.0 Å². The summed E-state index contributed by atoms with van der Waals surface area (Å²) < 4.78 is 0.958. The quantitative estimate of drug-likeness (QED) is 0.932. The molecule has 0 aliphatic heterocycles. The molecule has 1 aromatic heterocycles. The van der Waals surface area contributed by atoms with E-state index in [4.69, 9.17) is 17.3 Å². The second-order valence-electron chi connectivity index (χ2n) is 3.52. The summed E-state index contributed by atoms with van der Waals surface area (Å²) in [6, 6.07) is 5.75. The minimum absolute atomic E-state index is 0.675. The summed E-state index contributed by atoms with van der Waals surface area (Å²) in [7, 11) is 0. The fraction of sp³-hybridized carbons (Fsp3) is 0.273. The van der Waals surface area contributed by atoms with Gasteiger partial charge in [0.15, 0.2) is 0 Å². The first-order chi connectivity index (χ1) is 8.20. The van der Waals surface area contributed by atoms with Crippen molar-refractivity contribution in [2.24, 2.45) is 5.73 Å². The third-order valence-corrected chi connectivity index (χ3v) is 4.05. The van der Waals surface area contributed by atoms with Gasteiger partial charge in [0.25, 0.3) is 0 Å². The zero-order chi connectivity index (χ0) is 12.3. The molecule has 0 bridgehead atoms. The van der Waals surface area contributed by atoms with E-state index in [0.29, 0.717) is 11.6 Å². The predicted molar refractivity (Wildman–Crippen MR) is 75.4 cm³/mol. The van der Waals surface area contributed by atoms with E-state index in [2.05, 4.69) is 26.1 Å². The Bertz CT molecular complexity index is 515. The molecule has 0 radical (unpaired) electrons. The van der Waals surface area contributed by atoms with E-state index in [1.807, 2.05) is 18.2 Å². The molecule has 0 spiro atoms. The van der Waals surface area contributed by atoms with Crippen LogP contribution in [0.2, 0.25) is 5.02 Å². The summed E-state index contributed by atoms with van der Waals surface area (Å²) in [5.74, 6) is 0. The number of hydrogen-bond donors (Lipinski definition) is 1. The Hall–Kier alpha value is -0.490. The second kappa shape index (κ2) is 5.91. The van der Waals surface area contributed by atoms with Crippen LogP contribution in [0, 0.1) is 0 Å². The molecule has 1 aromatic carbocycles. The molecule has 1 heterocycles. The average Bonchev–Trinajstić information content (AvgIpc) is 2.75. The lowest BCUT2D eigenvalue weighted by atomic mass is 10.2. The molecule has 0 atom stereocenters. The Labute approximate surface area is 117 Å². The maximum atomic E-state index is 6.17. The fourth-order valence-corrected chi connectivity index (χ4v) is 3.12. The summed E-state index contributed by atoms with van der Waals surface area (Å²) >= 11 is 11.1. The van der Waals surface area contributed by atoms with E-state index in [9.17, 15) is 0 Å². The van der Waals surface area contributed by atoms with Crippen LogP contribution in [-0.4, -0.2) is 16.7 Å². The Morgan fingerprint density at radius 2 is 2.18 bits per heavy atom. The first kappa shape index (κ1) is 13.0. The van der Waals surface area contributed by atoms with Crippen molar-refractivity contribution in [3.05, 3.63) is 32.7 Å². The molecule has 0 amide bonds. The van der Waals surface area contributed by atoms with Gasteiger partial charge in [-0.05, 0) is 31.2 Å². The molecular weight excluding hydrogens is 322 g/mol. The molecule has 0 aliphatic rings. The number of aromatic nitrogens is 2. The molecule has 2 N–H and O–H groups in total. The van der Waals surface area contributed by atoms with Crippen LogP contribution in [0.1, 0.15) is 11.4 Å². The SMILES string of the molecule is NCCCc1nnc(-c2ccc(Br)cc2Cl)s1. The molecule has 0 saturated carbocycles. The molecule has 2 aromatic rings. The molecule has 3 nitrogen and oxygen atoms in total. The highest BCUT2D eigenvalue weighted by Gasteiger charge is 2.10. The lowest BCUT2D eigenvalue weighted by Crippen LogP contribution is -1.99. The first-order valence-electron chi connectivity index (χ1n) is 5.18. The summed E-state index contributed by atoms with van der Waals surface area (Å²) in [5, 5.41) is 10.8. The van der Waals surface area contributed by atoms with Gasteiger partial charge in [0.2, 0.25) is 0 Å². The highest BCUT2D eigenvalue weighted by Crippen LogP contribution is 2.32. The van der Waals surface area contributed by atoms with Gasteiger partial charge in [-0.15, -0.1) is 10.2 Å². The predicted octanol–water partition coefficient (Wildman–Crippen LogP) is 3.51. The first-order valence-corrected chi connectivity index (χ1v) is 7.17. The van der Waals surface area contributed by atoms with Crippen molar-refractivity contribution in [1.82, 2.24) is 10.2 Å². The minimum Gasteiger partial charge on any atom is -0.330 e. The maximum absolute atomic E-state index is 6.17. The van der Waals surface area contributed by atoms with Crippen LogP contribution in [0.15, 0.2) is 22.7 Å². The summed E-state index contributed by atoms with van der Waals surface area (Å²) in [4.78, 5) is 0. The van der Waals surface area contributed by atoms with Crippen molar-refractivity contribution in [2.75, 3.05) is 6.54 Å². The van der Waals surface area contributed by atoms with E-state index >= 15 is 0 Å². The number of nitrogens with two attached hydrogens (primary N) is 1. The highest BCUT2D eigenvalue weighted by molar-refractivity contribution is 9.10. The summed E-state index contributed by atoms with van der Waals surface area (Å²) in [5.41, 5.74) is 6.39. The third kappa shape index (κ3) is 3.25. The minimum atomic E-state index is 0.675. The summed E-state index contributed by atoms with van der Waals surface area (Å²) in [6.45, 7) is 0.675. The lowest BCUT2D eigenvalue weighted by molar-refractivity contribution is 0.812. The molecule has 0 saturated heterocycles. The number of nitrogens with zero attached hydrogens (tertiary/aromatic N) is 2. The molecular formula is C11H11BrClN3S. The molecule has 2 rings (SSSR count). The summed E-state index contributed by atoms with van der Waals surface area (Å²) in [6.07, 6.45) is 1.81. The standard InChI is InChI=1S/C11H11BrClN3S/c12-7-3-4-8(9(13)6-7)11-16-15-10(17-11)2-1-5-14/h3-4,6H,1-2,5,14H2. The smallest absolute Gasteiger partial charge is 0.149 e. The van der Waals surface area contributed by atoms with Gasteiger partial charge in [-0.2, -0.15) is 0 Å². The molecule has 0 aliphatic carbocycles. The van der Waals surface area contributed by atoms with Crippen LogP contribution in [-0.2, 0) is 6.42 Å². The van der Waals surface area contributed by atoms with Gasteiger partial charge in [-0.3, -0.25) is 0 Å². The van der Waals surface area contributed by atoms with E-state index in [1.54, 1.807) is 11.3 Å².